The number of halogens is 1. The molecule has 0 aliphatic rings. The summed E-state index contributed by atoms with van der Waals surface area (Å²) in [5, 5.41) is 0.784. The van der Waals surface area contributed by atoms with Gasteiger partial charge in [0.05, 0.1) is 7.11 Å². The summed E-state index contributed by atoms with van der Waals surface area (Å²) in [6.07, 6.45) is 1.61. The van der Waals surface area contributed by atoms with Crippen LogP contribution in [0.1, 0.15) is 17.5 Å². The van der Waals surface area contributed by atoms with Crippen molar-refractivity contribution in [2.45, 2.75) is 6.92 Å². The van der Waals surface area contributed by atoms with E-state index < -0.39 is 0 Å². The van der Waals surface area contributed by atoms with Crippen molar-refractivity contribution in [2.75, 3.05) is 7.11 Å². The molecular weight excluding hydrogens is 262 g/mol. The highest BCUT2D eigenvalue weighted by molar-refractivity contribution is 9.10. The topological polar surface area (TPSA) is 52.3 Å². The first-order valence-corrected chi connectivity index (χ1v) is 5.05. The number of Topliss-reactive ketones (excluding diaryl/α,β-unsaturated/α-hetero) is 1. The van der Waals surface area contributed by atoms with Crippen molar-refractivity contribution in [3.8, 4) is 5.88 Å². The molecule has 0 aliphatic carbocycles. The van der Waals surface area contributed by atoms with Gasteiger partial charge in [-0.2, -0.15) is 0 Å². The SMILES string of the molecule is COc1ncc(Br)c2cc(C(C)=O)oc12. The van der Waals surface area contributed by atoms with Crippen molar-refractivity contribution in [1.29, 1.82) is 0 Å². The van der Waals surface area contributed by atoms with Gasteiger partial charge in [-0.25, -0.2) is 4.98 Å². The monoisotopic (exact) mass is 269 g/mol. The number of hydrogen-bond acceptors (Lipinski definition) is 4. The van der Waals surface area contributed by atoms with Crippen LogP contribution in [0, 0.1) is 0 Å². The zero-order valence-corrected chi connectivity index (χ0v) is 9.79. The maximum atomic E-state index is 11.2. The largest absolute Gasteiger partial charge is 0.478 e. The molecule has 0 unspecified atom stereocenters. The first-order chi connectivity index (χ1) is 7.13. The lowest BCUT2D eigenvalue weighted by Crippen LogP contribution is -1.87. The molecule has 5 heteroatoms. The lowest BCUT2D eigenvalue weighted by atomic mass is 10.3. The minimum absolute atomic E-state index is 0.125. The fraction of sp³-hybridized carbons (Fsp3) is 0.200. The minimum atomic E-state index is -0.125. The molecule has 0 spiro atoms. The first kappa shape index (κ1) is 10.2. The van der Waals surface area contributed by atoms with Gasteiger partial charge in [0.25, 0.3) is 5.88 Å². The number of aromatic nitrogens is 1. The van der Waals surface area contributed by atoms with E-state index in [-0.39, 0.29) is 5.78 Å². The van der Waals surface area contributed by atoms with Gasteiger partial charge in [-0.15, -0.1) is 0 Å². The molecule has 2 rings (SSSR count). The molecule has 0 N–H and O–H groups in total. The summed E-state index contributed by atoms with van der Waals surface area (Å²) in [5.41, 5.74) is 0.483. The van der Waals surface area contributed by atoms with E-state index in [0.29, 0.717) is 17.2 Å². The number of methoxy groups -OCH3 is 1. The Bertz CT molecular complexity index is 533. The summed E-state index contributed by atoms with van der Waals surface area (Å²) in [5.74, 6) is 0.554. The van der Waals surface area contributed by atoms with Crippen molar-refractivity contribution >= 4 is 32.7 Å². The van der Waals surface area contributed by atoms with Crippen LogP contribution in [0.4, 0.5) is 0 Å². The van der Waals surface area contributed by atoms with Gasteiger partial charge in [0.2, 0.25) is 0 Å². The van der Waals surface area contributed by atoms with Crippen LogP contribution < -0.4 is 4.74 Å². The van der Waals surface area contributed by atoms with Gasteiger partial charge in [0.15, 0.2) is 17.1 Å². The number of ether oxygens (including phenoxy) is 1. The number of carbonyl (C=O) groups is 1. The van der Waals surface area contributed by atoms with E-state index in [1.54, 1.807) is 12.3 Å². The zero-order valence-electron chi connectivity index (χ0n) is 8.20. The summed E-state index contributed by atoms with van der Waals surface area (Å²) in [6.45, 7) is 1.45. The third kappa shape index (κ3) is 1.63. The standard InChI is InChI=1S/C10H8BrNO3/c1-5(13)8-3-6-7(11)4-12-10(14-2)9(6)15-8/h3-4H,1-2H3. The molecule has 0 amide bonds. The number of rotatable bonds is 2. The van der Waals surface area contributed by atoms with Crippen molar-refractivity contribution in [1.82, 2.24) is 4.98 Å². The van der Waals surface area contributed by atoms with Crippen LogP contribution in [0.2, 0.25) is 0 Å². The fourth-order valence-corrected chi connectivity index (χ4v) is 1.69. The highest BCUT2D eigenvalue weighted by Gasteiger charge is 2.14. The molecule has 2 aromatic heterocycles. The van der Waals surface area contributed by atoms with E-state index in [2.05, 4.69) is 20.9 Å². The molecule has 15 heavy (non-hydrogen) atoms. The molecule has 0 atom stereocenters. The van der Waals surface area contributed by atoms with Crippen LogP contribution in [-0.2, 0) is 0 Å². The first-order valence-electron chi connectivity index (χ1n) is 4.26. The van der Waals surface area contributed by atoms with Gasteiger partial charge in [-0.05, 0) is 22.0 Å². The lowest BCUT2D eigenvalue weighted by Gasteiger charge is -1.99. The molecule has 2 aromatic rings. The lowest BCUT2D eigenvalue weighted by molar-refractivity contribution is 0.0989. The average Bonchev–Trinajstić information content (AvgIpc) is 2.64. The number of pyridine rings is 1. The molecule has 0 bridgehead atoms. The number of carbonyl (C=O) groups excluding carboxylic acids is 1. The molecule has 0 fully saturated rings. The highest BCUT2D eigenvalue weighted by Crippen LogP contribution is 2.32. The van der Waals surface area contributed by atoms with Gasteiger partial charge in [0, 0.05) is 23.0 Å². The van der Waals surface area contributed by atoms with Crippen molar-refractivity contribution in [3.05, 3.63) is 22.5 Å². The van der Waals surface area contributed by atoms with Gasteiger partial charge in [-0.1, -0.05) is 0 Å². The predicted octanol–water partition coefficient (Wildman–Crippen LogP) is 2.80. The zero-order chi connectivity index (χ0) is 11.0. The Morgan fingerprint density at radius 2 is 2.33 bits per heavy atom. The Balaban J connectivity index is 2.77. The molecule has 78 valence electrons. The van der Waals surface area contributed by atoms with Crippen LogP contribution in [0.3, 0.4) is 0 Å². The summed E-state index contributed by atoms with van der Waals surface area (Å²) < 4.78 is 11.2. The second-order valence-corrected chi connectivity index (χ2v) is 3.88. The third-order valence-corrected chi connectivity index (χ3v) is 2.65. The van der Waals surface area contributed by atoms with E-state index in [0.717, 1.165) is 9.86 Å². The second kappa shape index (κ2) is 3.66. The van der Waals surface area contributed by atoms with E-state index in [1.165, 1.54) is 14.0 Å². The fourth-order valence-electron chi connectivity index (χ4n) is 1.29. The molecule has 4 nitrogen and oxygen atoms in total. The normalized spacial score (nSPS) is 10.6. The van der Waals surface area contributed by atoms with Crippen LogP contribution in [0.25, 0.3) is 11.0 Å². The summed E-state index contributed by atoms with van der Waals surface area (Å²) in [4.78, 5) is 15.2. The van der Waals surface area contributed by atoms with E-state index >= 15 is 0 Å². The number of nitrogens with zero attached hydrogens (tertiary/aromatic N) is 1. The predicted molar refractivity (Wildman–Crippen MR) is 58.3 cm³/mol. The van der Waals surface area contributed by atoms with Gasteiger partial charge in [0.1, 0.15) is 0 Å². The Kier molecular flexibility index (Phi) is 2.48. The maximum Gasteiger partial charge on any atom is 0.258 e. The van der Waals surface area contributed by atoms with Crippen molar-refractivity contribution in [3.63, 3.8) is 0 Å². The van der Waals surface area contributed by atoms with Crippen molar-refractivity contribution < 1.29 is 13.9 Å². The Morgan fingerprint density at radius 1 is 1.60 bits per heavy atom. The maximum absolute atomic E-state index is 11.2. The quantitative estimate of drug-likeness (QED) is 0.787. The van der Waals surface area contributed by atoms with Gasteiger partial charge < -0.3 is 9.15 Å². The number of furan rings is 1. The molecule has 0 saturated heterocycles. The Hall–Kier alpha value is -1.36. The van der Waals surface area contributed by atoms with Crippen LogP contribution in [0.5, 0.6) is 5.88 Å². The summed E-state index contributed by atoms with van der Waals surface area (Å²) >= 11 is 3.33. The minimum Gasteiger partial charge on any atom is -0.478 e. The average molecular weight is 270 g/mol. The van der Waals surface area contributed by atoms with E-state index in [4.69, 9.17) is 9.15 Å². The molecular formula is C10H8BrNO3. The van der Waals surface area contributed by atoms with E-state index in [1.807, 2.05) is 0 Å². The van der Waals surface area contributed by atoms with Gasteiger partial charge >= 0.3 is 0 Å². The van der Waals surface area contributed by atoms with Crippen molar-refractivity contribution in [2.24, 2.45) is 0 Å². The Labute approximate surface area is 94.4 Å². The molecule has 0 aromatic carbocycles. The molecule has 0 radical (unpaired) electrons. The third-order valence-electron chi connectivity index (χ3n) is 2.02. The van der Waals surface area contributed by atoms with Crippen LogP contribution in [-0.4, -0.2) is 17.9 Å². The molecule has 0 aliphatic heterocycles. The summed E-state index contributed by atoms with van der Waals surface area (Å²) in [6, 6.07) is 1.67. The Morgan fingerprint density at radius 3 is 2.93 bits per heavy atom. The van der Waals surface area contributed by atoms with Gasteiger partial charge in [-0.3, -0.25) is 4.79 Å². The number of fused-ring (bicyclic) bond motifs is 1. The van der Waals surface area contributed by atoms with Crippen LogP contribution >= 0.6 is 15.9 Å². The number of ketones is 1. The summed E-state index contributed by atoms with van der Waals surface area (Å²) in [7, 11) is 1.51. The number of hydrogen-bond donors (Lipinski definition) is 0. The molecule has 2 heterocycles. The molecule has 0 saturated carbocycles. The second-order valence-electron chi connectivity index (χ2n) is 3.03. The van der Waals surface area contributed by atoms with Crippen LogP contribution in [0.15, 0.2) is 21.2 Å². The smallest absolute Gasteiger partial charge is 0.258 e. The van der Waals surface area contributed by atoms with E-state index in [9.17, 15) is 4.79 Å². The highest BCUT2D eigenvalue weighted by atomic mass is 79.9.